The standard InChI is InChI=1S/C7H14N2O3/c1-4-3-5(9(2)12)8-6(4)7(10)11/h4-6,8,12H,3H2,1-2H3,(H,10,11)/t4-,5+,6-/m0/s1. The number of hydroxylamine groups is 2. The molecule has 1 saturated heterocycles. The number of rotatable bonds is 2. The zero-order chi connectivity index (χ0) is 9.30. The lowest BCUT2D eigenvalue weighted by molar-refractivity contribution is -0.141. The van der Waals surface area contributed by atoms with Crippen molar-refractivity contribution in [1.82, 2.24) is 10.4 Å². The molecule has 0 spiro atoms. The Morgan fingerprint density at radius 1 is 1.67 bits per heavy atom. The van der Waals surface area contributed by atoms with Gasteiger partial charge in [0, 0.05) is 7.05 Å². The van der Waals surface area contributed by atoms with E-state index in [4.69, 9.17) is 10.3 Å². The van der Waals surface area contributed by atoms with Gasteiger partial charge in [-0.05, 0) is 12.3 Å². The average molecular weight is 174 g/mol. The molecule has 0 unspecified atom stereocenters. The monoisotopic (exact) mass is 174 g/mol. The van der Waals surface area contributed by atoms with Gasteiger partial charge in [0.15, 0.2) is 0 Å². The summed E-state index contributed by atoms with van der Waals surface area (Å²) in [5.74, 6) is -0.797. The van der Waals surface area contributed by atoms with E-state index in [-0.39, 0.29) is 12.1 Å². The minimum atomic E-state index is -0.855. The van der Waals surface area contributed by atoms with Crippen molar-refractivity contribution in [3.05, 3.63) is 0 Å². The normalized spacial score (nSPS) is 35.8. The molecule has 12 heavy (non-hydrogen) atoms. The van der Waals surface area contributed by atoms with Gasteiger partial charge in [0.25, 0.3) is 0 Å². The Balaban J connectivity index is 2.56. The van der Waals surface area contributed by atoms with E-state index in [1.54, 1.807) is 0 Å². The first-order valence-corrected chi connectivity index (χ1v) is 3.93. The maximum atomic E-state index is 10.6. The second kappa shape index (κ2) is 3.38. The van der Waals surface area contributed by atoms with Crippen LogP contribution in [0.3, 0.4) is 0 Å². The summed E-state index contributed by atoms with van der Waals surface area (Å²) < 4.78 is 0. The molecule has 0 radical (unpaired) electrons. The molecule has 3 atom stereocenters. The summed E-state index contributed by atoms with van der Waals surface area (Å²) >= 11 is 0. The van der Waals surface area contributed by atoms with Crippen molar-refractivity contribution in [3.8, 4) is 0 Å². The van der Waals surface area contributed by atoms with Crippen molar-refractivity contribution in [1.29, 1.82) is 0 Å². The predicted molar refractivity (Wildman–Crippen MR) is 41.7 cm³/mol. The van der Waals surface area contributed by atoms with E-state index in [2.05, 4.69) is 5.32 Å². The zero-order valence-corrected chi connectivity index (χ0v) is 7.19. The number of carboxylic acids is 1. The number of hydrogen-bond donors (Lipinski definition) is 3. The molecule has 5 heteroatoms. The maximum Gasteiger partial charge on any atom is 0.321 e. The van der Waals surface area contributed by atoms with Gasteiger partial charge in [-0.2, -0.15) is 5.06 Å². The Morgan fingerprint density at radius 3 is 2.50 bits per heavy atom. The largest absolute Gasteiger partial charge is 0.480 e. The first-order valence-electron chi connectivity index (χ1n) is 3.93. The van der Waals surface area contributed by atoms with Gasteiger partial charge < -0.3 is 10.3 Å². The lowest BCUT2D eigenvalue weighted by Crippen LogP contribution is -2.43. The van der Waals surface area contributed by atoms with Crippen LogP contribution in [0.25, 0.3) is 0 Å². The summed E-state index contributed by atoms with van der Waals surface area (Å²) in [4.78, 5) is 10.6. The molecule has 0 amide bonds. The minimum absolute atomic E-state index is 0.0575. The van der Waals surface area contributed by atoms with Crippen LogP contribution in [0.1, 0.15) is 13.3 Å². The van der Waals surface area contributed by atoms with Crippen LogP contribution in [0, 0.1) is 5.92 Å². The second-order valence-corrected chi connectivity index (χ2v) is 3.29. The summed E-state index contributed by atoms with van der Waals surface area (Å²) in [6.07, 6.45) is 0.422. The Bertz CT molecular complexity index is 183. The second-order valence-electron chi connectivity index (χ2n) is 3.29. The van der Waals surface area contributed by atoms with Gasteiger partial charge in [-0.25, -0.2) is 0 Å². The van der Waals surface area contributed by atoms with Crippen LogP contribution in [0.5, 0.6) is 0 Å². The summed E-state index contributed by atoms with van der Waals surface area (Å²) in [7, 11) is 1.51. The van der Waals surface area contributed by atoms with Gasteiger partial charge in [0.2, 0.25) is 0 Å². The van der Waals surface area contributed by atoms with Gasteiger partial charge in [-0.3, -0.25) is 10.1 Å². The molecule has 1 aliphatic rings. The van der Waals surface area contributed by atoms with Gasteiger partial charge in [-0.15, -0.1) is 0 Å². The summed E-state index contributed by atoms with van der Waals surface area (Å²) in [6.45, 7) is 1.86. The van der Waals surface area contributed by atoms with E-state index in [0.29, 0.717) is 6.42 Å². The fraction of sp³-hybridized carbons (Fsp3) is 0.857. The first kappa shape index (κ1) is 9.44. The minimum Gasteiger partial charge on any atom is -0.480 e. The van der Waals surface area contributed by atoms with Crippen LogP contribution in [0.2, 0.25) is 0 Å². The van der Waals surface area contributed by atoms with Crippen molar-refractivity contribution in [2.75, 3.05) is 7.05 Å². The van der Waals surface area contributed by atoms with E-state index in [0.717, 1.165) is 5.06 Å². The number of nitrogens with one attached hydrogen (secondary N) is 1. The van der Waals surface area contributed by atoms with E-state index in [1.807, 2.05) is 6.92 Å². The topological polar surface area (TPSA) is 72.8 Å². The third kappa shape index (κ3) is 1.74. The fourth-order valence-electron chi connectivity index (χ4n) is 1.50. The summed E-state index contributed by atoms with van der Waals surface area (Å²) in [5.41, 5.74) is 0. The zero-order valence-electron chi connectivity index (χ0n) is 7.19. The summed E-state index contributed by atoms with van der Waals surface area (Å²) in [5, 5.41) is 21.6. The van der Waals surface area contributed by atoms with Crippen LogP contribution in [-0.2, 0) is 4.79 Å². The average Bonchev–Trinajstić information content (AvgIpc) is 2.30. The van der Waals surface area contributed by atoms with Gasteiger partial charge in [-0.1, -0.05) is 6.92 Å². The van der Waals surface area contributed by atoms with Crippen LogP contribution in [-0.4, -0.2) is 40.6 Å². The van der Waals surface area contributed by atoms with Gasteiger partial charge >= 0.3 is 5.97 Å². The number of nitrogens with zero attached hydrogens (tertiary/aromatic N) is 1. The lowest BCUT2D eigenvalue weighted by Gasteiger charge is -2.17. The maximum absolute atomic E-state index is 10.6. The van der Waals surface area contributed by atoms with Crippen LogP contribution >= 0.6 is 0 Å². The Morgan fingerprint density at radius 2 is 2.25 bits per heavy atom. The summed E-state index contributed by atoms with van der Waals surface area (Å²) in [6, 6.07) is -0.537. The predicted octanol–water partition coefficient (Wildman–Crippen LogP) is -0.284. The number of hydrogen-bond acceptors (Lipinski definition) is 4. The van der Waals surface area contributed by atoms with E-state index < -0.39 is 12.0 Å². The molecule has 1 aliphatic heterocycles. The molecule has 0 saturated carbocycles. The molecular weight excluding hydrogens is 160 g/mol. The molecule has 0 aromatic carbocycles. The fourth-order valence-corrected chi connectivity index (χ4v) is 1.50. The number of carboxylic acid groups (broad SMARTS) is 1. The van der Waals surface area contributed by atoms with Crippen molar-refractivity contribution in [3.63, 3.8) is 0 Å². The van der Waals surface area contributed by atoms with E-state index in [1.165, 1.54) is 7.05 Å². The Labute approximate surface area is 70.9 Å². The SMILES string of the molecule is C[C@H]1C[C@@H](N(C)O)N[C@@H]1C(=O)O. The first-order chi connectivity index (χ1) is 5.52. The van der Waals surface area contributed by atoms with Crippen LogP contribution < -0.4 is 5.32 Å². The van der Waals surface area contributed by atoms with Crippen molar-refractivity contribution >= 4 is 5.97 Å². The van der Waals surface area contributed by atoms with Crippen LogP contribution in [0.15, 0.2) is 0 Å². The molecule has 70 valence electrons. The van der Waals surface area contributed by atoms with E-state index in [9.17, 15) is 4.79 Å². The molecule has 3 N–H and O–H groups in total. The molecule has 0 aromatic heterocycles. The van der Waals surface area contributed by atoms with Crippen molar-refractivity contribution in [2.45, 2.75) is 25.6 Å². The Kier molecular flexibility index (Phi) is 2.66. The van der Waals surface area contributed by atoms with Gasteiger partial charge in [0.05, 0.1) is 6.17 Å². The number of carbonyl (C=O) groups is 1. The third-order valence-corrected chi connectivity index (χ3v) is 2.25. The number of aliphatic carboxylic acids is 1. The van der Waals surface area contributed by atoms with Crippen molar-refractivity contribution < 1.29 is 15.1 Å². The highest BCUT2D eigenvalue weighted by Crippen LogP contribution is 2.20. The molecule has 1 heterocycles. The molecule has 1 fully saturated rings. The highest BCUT2D eigenvalue weighted by Gasteiger charge is 2.36. The smallest absolute Gasteiger partial charge is 0.321 e. The highest BCUT2D eigenvalue weighted by atomic mass is 16.5. The lowest BCUT2D eigenvalue weighted by atomic mass is 10.0. The third-order valence-electron chi connectivity index (χ3n) is 2.25. The molecule has 5 nitrogen and oxygen atoms in total. The van der Waals surface area contributed by atoms with Crippen molar-refractivity contribution in [2.24, 2.45) is 5.92 Å². The Hall–Kier alpha value is -0.650. The highest BCUT2D eigenvalue weighted by molar-refractivity contribution is 5.74. The van der Waals surface area contributed by atoms with Crippen LogP contribution in [0.4, 0.5) is 0 Å². The van der Waals surface area contributed by atoms with E-state index >= 15 is 0 Å². The van der Waals surface area contributed by atoms with Gasteiger partial charge in [0.1, 0.15) is 6.04 Å². The molecule has 0 bridgehead atoms. The quantitative estimate of drug-likeness (QED) is 0.502. The molecule has 0 aromatic rings. The molecule has 0 aliphatic carbocycles. The molecule has 1 rings (SSSR count). The molecular formula is C7H14N2O3.